The summed E-state index contributed by atoms with van der Waals surface area (Å²) in [6.45, 7) is 4.75. The van der Waals surface area contributed by atoms with E-state index in [0.29, 0.717) is 36.1 Å². The number of nitrogens with zero attached hydrogens (tertiary/aromatic N) is 2. The molecule has 35 heavy (non-hydrogen) atoms. The molecule has 1 N–H and O–H groups in total. The van der Waals surface area contributed by atoms with Gasteiger partial charge in [-0.15, -0.1) is 0 Å². The van der Waals surface area contributed by atoms with Gasteiger partial charge in [0.25, 0.3) is 15.9 Å². The Hall–Kier alpha value is -3.53. The summed E-state index contributed by atoms with van der Waals surface area (Å²) in [5, 5.41) is -0.285. The van der Waals surface area contributed by atoms with Gasteiger partial charge < -0.3 is 9.47 Å². The SMILES string of the molecule is CC(C)COc1cc(F)cc(-c2ccc(C(=O)NS(=O)(=O)c3ccccn3)c(OCC3CC3)n2)c1. The van der Waals surface area contributed by atoms with Crippen molar-refractivity contribution in [2.24, 2.45) is 11.8 Å². The highest BCUT2D eigenvalue weighted by Gasteiger charge is 2.26. The minimum atomic E-state index is -4.19. The van der Waals surface area contributed by atoms with Gasteiger partial charge in [-0.2, -0.15) is 8.42 Å². The Morgan fingerprint density at radius 3 is 2.63 bits per heavy atom. The monoisotopic (exact) mass is 499 g/mol. The number of carbonyl (C=O) groups is 1. The summed E-state index contributed by atoms with van der Waals surface area (Å²) in [5.41, 5.74) is 0.739. The van der Waals surface area contributed by atoms with Gasteiger partial charge in [0.15, 0.2) is 5.03 Å². The first-order valence-corrected chi connectivity index (χ1v) is 12.8. The van der Waals surface area contributed by atoms with E-state index in [2.05, 4.69) is 9.97 Å². The Morgan fingerprint density at radius 2 is 1.94 bits per heavy atom. The number of carbonyl (C=O) groups excluding carboxylic acids is 1. The molecule has 2 heterocycles. The number of benzene rings is 1. The molecule has 1 aliphatic carbocycles. The first kappa shape index (κ1) is 24.6. The highest BCUT2D eigenvalue weighted by Crippen LogP contribution is 2.32. The van der Waals surface area contributed by atoms with E-state index in [0.717, 1.165) is 12.8 Å². The fourth-order valence-corrected chi connectivity index (χ4v) is 4.07. The van der Waals surface area contributed by atoms with Crippen LogP contribution in [0.5, 0.6) is 11.6 Å². The van der Waals surface area contributed by atoms with Gasteiger partial charge >= 0.3 is 0 Å². The van der Waals surface area contributed by atoms with Crippen LogP contribution < -0.4 is 14.2 Å². The number of rotatable bonds is 10. The molecule has 2 aromatic heterocycles. The normalized spacial score (nSPS) is 13.5. The fraction of sp³-hybridized carbons (Fsp3) is 0.320. The van der Waals surface area contributed by atoms with E-state index in [9.17, 15) is 17.6 Å². The number of sulfonamides is 1. The smallest absolute Gasteiger partial charge is 0.281 e. The maximum Gasteiger partial charge on any atom is 0.281 e. The molecule has 0 spiro atoms. The summed E-state index contributed by atoms with van der Waals surface area (Å²) in [7, 11) is -4.19. The van der Waals surface area contributed by atoms with Crippen molar-refractivity contribution in [1.29, 1.82) is 0 Å². The van der Waals surface area contributed by atoms with Gasteiger partial charge in [-0.3, -0.25) is 4.79 Å². The van der Waals surface area contributed by atoms with E-state index in [1.54, 1.807) is 12.1 Å². The van der Waals surface area contributed by atoms with E-state index in [1.807, 2.05) is 18.6 Å². The van der Waals surface area contributed by atoms with Crippen LogP contribution in [-0.4, -0.2) is 37.5 Å². The summed E-state index contributed by atoms with van der Waals surface area (Å²) in [6, 6.07) is 11.5. The number of nitrogens with one attached hydrogen (secondary N) is 1. The van der Waals surface area contributed by atoms with E-state index < -0.39 is 21.7 Å². The van der Waals surface area contributed by atoms with Crippen LogP contribution in [0.4, 0.5) is 4.39 Å². The van der Waals surface area contributed by atoms with Crippen molar-refractivity contribution in [2.45, 2.75) is 31.7 Å². The van der Waals surface area contributed by atoms with Crippen LogP contribution in [-0.2, 0) is 10.0 Å². The van der Waals surface area contributed by atoms with E-state index >= 15 is 0 Å². The molecule has 1 fully saturated rings. The first-order chi connectivity index (χ1) is 16.7. The fourth-order valence-electron chi connectivity index (χ4n) is 3.16. The molecule has 3 aromatic rings. The lowest BCUT2D eigenvalue weighted by molar-refractivity contribution is 0.0976. The number of aromatic nitrogens is 2. The van der Waals surface area contributed by atoms with Gasteiger partial charge in [-0.25, -0.2) is 19.1 Å². The molecule has 184 valence electrons. The number of ether oxygens (including phenoxy) is 2. The van der Waals surface area contributed by atoms with Gasteiger partial charge in [0.2, 0.25) is 5.88 Å². The van der Waals surface area contributed by atoms with Crippen molar-refractivity contribution in [3.63, 3.8) is 0 Å². The summed E-state index contributed by atoms with van der Waals surface area (Å²) in [6.07, 6.45) is 3.34. The standard InChI is InChI=1S/C25H26FN3O5S/c1-16(2)14-33-20-12-18(11-19(26)13-20)22-9-8-21(25(28-22)34-15-17-6-7-17)24(30)29-35(31,32)23-5-3-4-10-27-23/h3-5,8-13,16-17H,6-7,14-15H2,1-2H3,(H,29,30). The minimum Gasteiger partial charge on any atom is -0.493 e. The van der Waals surface area contributed by atoms with Crippen molar-refractivity contribution in [2.75, 3.05) is 13.2 Å². The Bertz CT molecular complexity index is 1310. The number of hydrogen-bond donors (Lipinski definition) is 1. The molecule has 1 aliphatic rings. The van der Waals surface area contributed by atoms with Gasteiger partial charge in [-0.1, -0.05) is 19.9 Å². The lowest BCUT2D eigenvalue weighted by atomic mass is 10.1. The minimum absolute atomic E-state index is 0.0305. The van der Waals surface area contributed by atoms with Crippen LogP contribution in [0.1, 0.15) is 37.0 Å². The van der Waals surface area contributed by atoms with E-state index in [4.69, 9.17) is 9.47 Å². The van der Waals surface area contributed by atoms with Crippen LogP contribution in [0, 0.1) is 17.7 Å². The predicted molar refractivity (Wildman–Crippen MR) is 127 cm³/mol. The number of halogens is 1. The second-order valence-corrected chi connectivity index (χ2v) is 10.4. The summed E-state index contributed by atoms with van der Waals surface area (Å²) in [5.74, 6) is -0.440. The highest BCUT2D eigenvalue weighted by atomic mass is 32.2. The second-order valence-electron chi connectivity index (χ2n) is 8.79. The molecule has 4 rings (SSSR count). The Balaban J connectivity index is 1.63. The van der Waals surface area contributed by atoms with Crippen LogP contribution in [0.2, 0.25) is 0 Å². The molecule has 1 amide bonds. The van der Waals surface area contributed by atoms with Crippen molar-refractivity contribution in [3.05, 3.63) is 66.1 Å². The van der Waals surface area contributed by atoms with Gasteiger partial charge in [0, 0.05) is 17.8 Å². The molecule has 0 bridgehead atoms. The van der Waals surface area contributed by atoms with Crippen molar-refractivity contribution < 1.29 is 27.1 Å². The number of pyridine rings is 2. The molecule has 0 aliphatic heterocycles. The zero-order valence-corrected chi connectivity index (χ0v) is 20.2. The van der Waals surface area contributed by atoms with Crippen molar-refractivity contribution in [3.8, 4) is 22.9 Å². The molecule has 0 saturated heterocycles. The molecule has 10 heteroatoms. The Morgan fingerprint density at radius 1 is 1.14 bits per heavy atom. The topological polar surface area (TPSA) is 107 Å². The number of amides is 1. The zero-order valence-electron chi connectivity index (χ0n) is 19.4. The predicted octanol–water partition coefficient (Wildman–Crippen LogP) is 4.23. The van der Waals surface area contributed by atoms with Crippen LogP contribution >= 0.6 is 0 Å². The molecule has 0 radical (unpaired) electrons. The van der Waals surface area contributed by atoms with Crippen molar-refractivity contribution in [1.82, 2.24) is 14.7 Å². The molecule has 1 saturated carbocycles. The third-order valence-corrected chi connectivity index (χ3v) is 6.39. The van der Waals surface area contributed by atoms with Crippen molar-refractivity contribution >= 4 is 15.9 Å². The Kier molecular flexibility index (Phi) is 7.30. The van der Waals surface area contributed by atoms with Gasteiger partial charge in [-0.05, 0) is 61.1 Å². The highest BCUT2D eigenvalue weighted by molar-refractivity contribution is 7.90. The van der Waals surface area contributed by atoms with Gasteiger partial charge in [0.05, 0.1) is 18.9 Å². The van der Waals surface area contributed by atoms with E-state index in [-0.39, 0.29) is 22.4 Å². The quantitative estimate of drug-likeness (QED) is 0.445. The largest absolute Gasteiger partial charge is 0.493 e. The second kappa shape index (κ2) is 10.4. The third kappa shape index (κ3) is 6.54. The summed E-state index contributed by atoms with van der Waals surface area (Å²) in [4.78, 5) is 21.1. The van der Waals surface area contributed by atoms with Crippen LogP contribution in [0.15, 0.2) is 59.8 Å². The lowest BCUT2D eigenvalue weighted by Gasteiger charge is -2.14. The maximum atomic E-state index is 14.3. The number of hydrogen-bond acceptors (Lipinski definition) is 7. The Labute approximate surface area is 203 Å². The average molecular weight is 500 g/mol. The molecular formula is C25H26FN3O5S. The first-order valence-electron chi connectivity index (χ1n) is 11.3. The molecule has 0 atom stereocenters. The zero-order chi connectivity index (χ0) is 25.0. The summed E-state index contributed by atoms with van der Waals surface area (Å²) >= 11 is 0. The third-order valence-electron chi connectivity index (χ3n) is 5.15. The maximum absolute atomic E-state index is 14.3. The van der Waals surface area contributed by atoms with Gasteiger partial charge in [0.1, 0.15) is 17.1 Å². The van der Waals surface area contributed by atoms with Crippen LogP contribution in [0.3, 0.4) is 0 Å². The average Bonchev–Trinajstić information content (AvgIpc) is 3.66. The summed E-state index contributed by atoms with van der Waals surface area (Å²) < 4.78 is 52.9. The molecular weight excluding hydrogens is 473 g/mol. The lowest BCUT2D eigenvalue weighted by Crippen LogP contribution is -2.31. The van der Waals surface area contributed by atoms with Crippen LogP contribution in [0.25, 0.3) is 11.3 Å². The van der Waals surface area contributed by atoms with E-state index in [1.165, 1.54) is 42.6 Å². The molecule has 8 nitrogen and oxygen atoms in total. The molecule has 0 unspecified atom stereocenters. The molecule has 1 aromatic carbocycles.